The Labute approximate surface area is 90.4 Å². The third-order valence-corrected chi connectivity index (χ3v) is 2.06. The average molecular weight is 210 g/mol. The van der Waals surface area contributed by atoms with Gasteiger partial charge in [0.1, 0.15) is 0 Å². The average Bonchev–Trinajstić information content (AvgIpc) is 2.28. The number of amides is 1. The summed E-state index contributed by atoms with van der Waals surface area (Å²) in [4.78, 5) is 11.3. The van der Waals surface area contributed by atoms with Gasteiger partial charge in [0.2, 0.25) is 5.91 Å². The van der Waals surface area contributed by atoms with Gasteiger partial charge in [-0.15, -0.1) is 0 Å². The Hall–Kier alpha value is -1.13. The number of ether oxygens (including phenoxy) is 1. The van der Waals surface area contributed by atoms with E-state index >= 15 is 0 Å². The third kappa shape index (κ3) is 5.34. The first-order valence-corrected chi connectivity index (χ1v) is 5.22. The molecule has 0 radical (unpaired) electrons. The summed E-state index contributed by atoms with van der Waals surface area (Å²) >= 11 is 0. The van der Waals surface area contributed by atoms with Crippen molar-refractivity contribution >= 4 is 5.91 Å². The molecule has 0 spiro atoms. The summed E-state index contributed by atoms with van der Waals surface area (Å²) < 4.78 is 5.44. The Morgan fingerprint density at radius 2 is 2.47 bits per heavy atom. The zero-order valence-electron chi connectivity index (χ0n) is 9.03. The van der Waals surface area contributed by atoms with Gasteiger partial charge in [0.15, 0.2) is 0 Å². The first kappa shape index (κ1) is 11.9. The number of carbonyl (C=O) groups is 1. The van der Waals surface area contributed by atoms with Crippen molar-refractivity contribution in [2.75, 3.05) is 26.2 Å². The molecule has 0 aromatic heterocycles. The van der Waals surface area contributed by atoms with Crippen molar-refractivity contribution in [1.82, 2.24) is 10.6 Å². The maximum absolute atomic E-state index is 11.3. The van der Waals surface area contributed by atoms with Crippen LogP contribution in [0.15, 0.2) is 24.3 Å². The van der Waals surface area contributed by atoms with E-state index in [0.717, 1.165) is 19.7 Å². The Bertz CT molecular complexity index is 243. The molecular formula is C11H18N2O2. The molecule has 1 aliphatic heterocycles. The van der Waals surface area contributed by atoms with Crippen molar-refractivity contribution in [3.05, 3.63) is 24.3 Å². The minimum atomic E-state index is -0.0812. The first-order valence-electron chi connectivity index (χ1n) is 5.22. The molecule has 1 rings (SSSR count). The Morgan fingerprint density at radius 1 is 1.60 bits per heavy atom. The summed E-state index contributed by atoms with van der Waals surface area (Å²) in [6.07, 6.45) is 7.01. The van der Waals surface area contributed by atoms with E-state index in [9.17, 15) is 4.79 Å². The molecule has 1 amide bonds. The molecule has 0 aromatic carbocycles. The van der Waals surface area contributed by atoms with E-state index in [1.807, 2.05) is 19.1 Å². The number of rotatable bonds is 4. The number of hydrogen-bond acceptors (Lipinski definition) is 3. The second kappa shape index (κ2) is 7.20. The monoisotopic (exact) mass is 210 g/mol. The molecule has 1 aliphatic rings. The molecular weight excluding hydrogens is 192 g/mol. The molecule has 1 fully saturated rings. The second-order valence-electron chi connectivity index (χ2n) is 3.33. The Balaban J connectivity index is 2.15. The number of allylic oxidation sites excluding steroid dienone is 3. The predicted molar refractivity (Wildman–Crippen MR) is 59.6 cm³/mol. The third-order valence-electron chi connectivity index (χ3n) is 2.06. The predicted octanol–water partition coefficient (Wildman–Crippen LogP) is 0.223. The van der Waals surface area contributed by atoms with Crippen molar-refractivity contribution < 1.29 is 9.53 Å². The van der Waals surface area contributed by atoms with Crippen LogP contribution in [-0.4, -0.2) is 38.3 Å². The normalized spacial score (nSPS) is 22.3. The Morgan fingerprint density at radius 3 is 3.13 bits per heavy atom. The molecule has 0 aliphatic carbocycles. The van der Waals surface area contributed by atoms with Gasteiger partial charge in [-0.3, -0.25) is 4.79 Å². The lowest BCUT2D eigenvalue weighted by molar-refractivity contribution is -0.117. The van der Waals surface area contributed by atoms with Crippen LogP contribution in [0, 0.1) is 0 Å². The summed E-state index contributed by atoms with van der Waals surface area (Å²) in [7, 11) is 0. The van der Waals surface area contributed by atoms with Gasteiger partial charge in [0.25, 0.3) is 0 Å². The van der Waals surface area contributed by atoms with Crippen LogP contribution in [0.5, 0.6) is 0 Å². The van der Waals surface area contributed by atoms with Gasteiger partial charge in [0, 0.05) is 25.7 Å². The van der Waals surface area contributed by atoms with Gasteiger partial charge < -0.3 is 15.4 Å². The van der Waals surface area contributed by atoms with Crippen LogP contribution in [0.25, 0.3) is 0 Å². The van der Waals surface area contributed by atoms with Crippen molar-refractivity contribution in [1.29, 1.82) is 0 Å². The largest absolute Gasteiger partial charge is 0.374 e. The highest BCUT2D eigenvalue weighted by atomic mass is 16.5. The summed E-state index contributed by atoms with van der Waals surface area (Å²) in [5.74, 6) is -0.0812. The van der Waals surface area contributed by atoms with Crippen LogP contribution in [0.4, 0.5) is 0 Å². The molecule has 0 aromatic rings. The summed E-state index contributed by atoms with van der Waals surface area (Å²) in [5.41, 5.74) is 0. The van der Waals surface area contributed by atoms with Crippen LogP contribution in [0.1, 0.15) is 6.92 Å². The van der Waals surface area contributed by atoms with Crippen LogP contribution in [-0.2, 0) is 9.53 Å². The van der Waals surface area contributed by atoms with E-state index in [1.54, 1.807) is 6.08 Å². The molecule has 2 N–H and O–H groups in total. The van der Waals surface area contributed by atoms with Gasteiger partial charge >= 0.3 is 0 Å². The molecule has 4 nitrogen and oxygen atoms in total. The van der Waals surface area contributed by atoms with Crippen LogP contribution >= 0.6 is 0 Å². The van der Waals surface area contributed by atoms with Crippen molar-refractivity contribution in [3.63, 3.8) is 0 Å². The molecule has 1 saturated heterocycles. The molecule has 1 unspecified atom stereocenters. The van der Waals surface area contributed by atoms with Crippen molar-refractivity contribution in [2.24, 2.45) is 0 Å². The van der Waals surface area contributed by atoms with E-state index in [4.69, 9.17) is 4.74 Å². The molecule has 15 heavy (non-hydrogen) atoms. The summed E-state index contributed by atoms with van der Waals surface area (Å²) in [6, 6.07) is 0. The number of carbonyl (C=O) groups excluding carboxylic acids is 1. The highest BCUT2D eigenvalue weighted by Crippen LogP contribution is 1.93. The van der Waals surface area contributed by atoms with E-state index in [0.29, 0.717) is 6.54 Å². The fourth-order valence-electron chi connectivity index (χ4n) is 1.28. The highest BCUT2D eigenvalue weighted by molar-refractivity contribution is 5.87. The van der Waals surface area contributed by atoms with Crippen LogP contribution in [0.2, 0.25) is 0 Å². The zero-order chi connectivity index (χ0) is 10.9. The lowest BCUT2D eigenvalue weighted by Gasteiger charge is -2.23. The molecule has 1 atom stereocenters. The Kier molecular flexibility index (Phi) is 5.73. The van der Waals surface area contributed by atoms with Crippen LogP contribution < -0.4 is 10.6 Å². The van der Waals surface area contributed by atoms with Crippen molar-refractivity contribution in [2.45, 2.75) is 13.0 Å². The van der Waals surface area contributed by atoms with Crippen molar-refractivity contribution in [3.8, 4) is 0 Å². The summed E-state index contributed by atoms with van der Waals surface area (Å²) in [6.45, 7) is 4.88. The topological polar surface area (TPSA) is 50.4 Å². The standard InChI is InChI=1S/C11H18N2O2/c1-2-3-4-5-11(14)13-9-10-8-12-6-7-15-10/h2-5,10,12H,6-9H2,1H3,(H,13,14). The molecule has 0 bridgehead atoms. The number of hydrogen-bond donors (Lipinski definition) is 2. The summed E-state index contributed by atoms with van der Waals surface area (Å²) in [5, 5.41) is 5.99. The maximum atomic E-state index is 11.3. The molecule has 4 heteroatoms. The van der Waals surface area contributed by atoms with Gasteiger partial charge in [-0.25, -0.2) is 0 Å². The quantitative estimate of drug-likeness (QED) is 0.515. The van der Waals surface area contributed by atoms with E-state index in [2.05, 4.69) is 10.6 Å². The van der Waals surface area contributed by atoms with Crippen LogP contribution in [0.3, 0.4) is 0 Å². The second-order valence-corrected chi connectivity index (χ2v) is 3.33. The first-order chi connectivity index (χ1) is 7.33. The zero-order valence-corrected chi connectivity index (χ0v) is 9.03. The fourth-order valence-corrected chi connectivity index (χ4v) is 1.28. The lowest BCUT2D eigenvalue weighted by Crippen LogP contribution is -2.44. The van der Waals surface area contributed by atoms with Gasteiger partial charge in [-0.2, -0.15) is 0 Å². The maximum Gasteiger partial charge on any atom is 0.244 e. The minimum Gasteiger partial charge on any atom is -0.374 e. The SMILES string of the molecule is CC=CC=CC(=O)NCC1CNCCO1. The van der Waals surface area contributed by atoms with Gasteiger partial charge in [-0.05, 0) is 6.92 Å². The number of nitrogens with one attached hydrogen (secondary N) is 2. The van der Waals surface area contributed by atoms with E-state index < -0.39 is 0 Å². The highest BCUT2D eigenvalue weighted by Gasteiger charge is 2.12. The molecule has 84 valence electrons. The molecule has 0 saturated carbocycles. The van der Waals surface area contributed by atoms with Gasteiger partial charge in [0.05, 0.1) is 12.7 Å². The fraction of sp³-hybridized carbons (Fsp3) is 0.545. The minimum absolute atomic E-state index is 0.0812. The molecule has 1 heterocycles. The van der Waals surface area contributed by atoms with Gasteiger partial charge in [-0.1, -0.05) is 18.2 Å². The smallest absolute Gasteiger partial charge is 0.244 e. The number of morpholine rings is 1. The lowest BCUT2D eigenvalue weighted by atomic mass is 10.3. The van der Waals surface area contributed by atoms with E-state index in [-0.39, 0.29) is 12.0 Å². The van der Waals surface area contributed by atoms with E-state index in [1.165, 1.54) is 6.08 Å².